The number of amides is 1. The molecule has 0 spiro atoms. The van der Waals surface area contributed by atoms with Crippen LogP contribution in [0.1, 0.15) is 40.1 Å². The fourth-order valence-corrected chi connectivity index (χ4v) is 3.87. The summed E-state index contributed by atoms with van der Waals surface area (Å²) in [5.41, 5.74) is 1.88. The molecule has 0 radical (unpaired) electrons. The van der Waals surface area contributed by atoms with Crippen molar-refractivity contribution in [2.45, 2.75) is 31.6 Å². The topological polar surface area (TPSA) is 53.4 Å². The number of alkyl halides is 3. The Balaban J connectivity index is 1.63. The van der Waals surface area contributed by atoms with E-state index in [0.29, 0.717) is 13.1 Å². The Morgan fingerprint density at radius 3 is 2.41 bits per heavy atom. The number of halogens is 3. The summed E-state index contributed by atoms with van der Waals surface area (Å²) in [5, 5.41) is 7.21. The van der Waals surface area contributed by atoms with E-state index in [9.17, 15) is 18.0 Å². The summed E-state index contributed by atoms with van der Waals surface area (Å²) >= 11 is 0. The Morgan fingerprint density at radius 1 is 1.14 bits per heavy atom. The molecule has 2 atom stereocenters. The maximum Gasteiger partial charge on any atom is 0.410 e. The van der Waals surface area contributed by atoms with Gasteiger partial charge in [0.15, 0.2) is 11.7 Å². The molecule has 0 saturated carbocycles. The van der Waals surface area contributed by atoms with Crippen LogP contribution in [0.5, 0.6) is 0 Å². The summed E-state index contributed by atoms with van der Waals surface area (Å²) < 4.78 is 42.3. The first-order chi connectivity index (χ1) is 13.7. The number of anilines is 1. The van der Waals surface area contributed by atoms with Crippen LogP contribution in [0.3, 0.4) is 0 Å². The fourth-order valence-electron chi connectivity index (χ4n) is 3.87. The van der Waals surface area contributed by atoms with Crippen LogP contribution in [0, 0.1) is 6.92 Å². The predicted octanol–water partition coefficient (Wildman–Crippen LogP) is 3.24. The highest BCUT2D eigenvalue weighted by atomic mass is 19.4. The first-order valence-corrected chi connectivity index (χ1v) is 9.69. The summed E-state index contributed by atoms with van der Waals surface area (Å²) in [7, 11) is 1.97. The Kier molecular flexibility index (Phi) is 5.02. The Hall–Kier alpha value is -2.55. The number of hydrogen-bond donors (Lipinski definition) is 1. The van der Waals surface area contributed by atoms with Gasteiger partial charge >= 0.3 is 6.18 Å². The average Bonchev–Trinajstić information content (AvgIpc) is 3.11. The summed E-state index contributed by atoms with van der Waals surface area (Å²) in [6.45, 7) is 4.48. The van der Waals surface area contributed by atoms with Crippen LogP contribution in [0.15, 0.2) is 30.3 Å². The number of benzene rings is 1. The van der Waals surface area contributed by atoms with Crippen molar-refractivity contribution in [2.75, 3.05) is 38.5 Å². The number of aromatic nitrogens is 2. The highest BCUT2D eigenvalue weighted by Crippen LogP contribution is 2.43. The number of rotatable bonds is 2. The predicted molar refractivity (Wildman–Crippen MR) is 103 cm³/mol. The van der Waals surface area contributed by atoms with Crippen molar-refractivity contribution in [1.29, 1.82) is 0 Å². The van der Waals surface area contributed by atoms with E-state index < -0.39 is 18.3 Å². The molecule has 1 N–H and O–H groups in total. The molecule has 29 heavy (non-hydrogen) atoms. The standard InChI is InChI=1S/C20H24F3N5O/c1-13-3-5-14(6-4-13)15-11-17(20(21,22)23)28-18(24-15)12-16(25-28)19(29)27-9-7-26(2)8-10-27/h3-6,12,15,17,24H,7-11H2,1-2H3/t15-,17+/m0/s1. The number of piperazine rings is 1. The molecule has 0 aliphatic carbocycles. The normalized spacial score (nSPS) is 22.9. The van der Waals surface area contributed by atoms with Crippen LogP contribution >= 0.6 is 0 Å². The third kappa shape index (κ3) is 3.96. The van der Waals surface area contributed by atoms with E-state index >= 15 is 0 Å². The highest BCUT2D eigenvalue weighted by Gasteiger charge is 2.47. The van der Waals surface area contributed by atoms with Crippen molar-refractivity contribution in [3.63, 3.8) is 0 Å². The van der Waals surface area contributed by atoms with Gasteiger partial charge in [-0.05, 0) is 19.5 Å². The SMILES string of the molecule is Cc1ccc([C@@H]2C[C@H](C(F)(F)F)n3nc(C(=O)N4CCN(C)CC4)cc3N2)cc1. The second kappa shape index (κ2) is 7.37. The third-order valence-corrected chi connectivity index (χ3v) is 5.68. The van der Waals surface area contributed by atoms with E-state index in [1.54, 1.807) is 4.90 Å². The Bertz CT molecular complexity index is 885. The van der Waals surface area contributed by atoms with E-state index in [2.05, 4.69) is 15.3 Å². The van der Waals surface area contributed by atoms with E-state index in [4.69, 9.17) is 0 Å². The zero-order valence-electron chi connectivity index (χ0n) is 16.4. The van der Waals surface area contributed by atoms with Crippen LogP contribution in [-0.4, -0.2) is 64.9 Å². The number of likely N-dealkylation sites (N-methyl/N-ethyl adjacent to an activating group) is 1. The smallest absolute Gasteiger partial charge is 0.363 e. The molecule has 0 bridgehead atoms. The van der Waals surface area contributed by atoms with E-state index in [1.807, 2.05) is 38.2 Å². The number of carbonyl (C=O) groups is 1. The van der Waals surface area contributed by atoms with Gasteiger partial charge in [0.1, 0.15) is 5.82 Å². The molecule has 1 aromatic heterocycles. The lowest BCUT2D eigenvalue weighted by Gasteiger charge is -2.33. The van der Waals surface area contributed by atoms with Crippen LogP contribution in [0.4, 0.5) is 19.0 Å². The van der Waals surface area contributed by atoms with Gasteiger partial charge in [0.05, 0.1) is 6.04 Å². The number of nitrogens with zero attached hydrogens (tertiary/aromatic N) is 4. The number of fused-ring (bicyclic) bond motifs is 1. The minimum Gasteiger partial charge on any atom is -0.363 e. The van der Waals surface area contributed by atoms with E-state index in [1.165, 1.54) is 6.07 Å². The summed E-state index contributed by atoms with van der Waals surface area (Å²) in [4.78, 5) is 16.5. The first-order valence-electron chi connectivity index (χ1n) is 9.69. The highest BCUT2D eigenvalue weighted by molar-refractivity contribution is 5.93. The molecule has 3 heterocycles. The largest absolute Gasteiger partial charge is 0.410 e. The number of aryl methyl sites for hydroxylation is 1. The van der Waals surface area contributed by atoms with Gasteiger partial charge in [0, 0.05) is 38.7 Å². The first kappa shape index (κ1) is 19.8. The Labute approximate surface area is 167 Å². The Morgan fingerprint density at radius 2 is 1.79 bits per heavy atom. The molecule has 9 heteroatoms. The van der Waals surface area contributed by atoms with Gasteiger partial charge in [-0.2, -0.15) is 18.3 Å². The van der Waals surface area contributed by atoms with E-state index in [-0.39, 0.29) is 23.8 Å². The third-order valence-electron chi connectivity index (χ3n) is 5.68. The van der Waals surface area contributed by atoms with Gasteiger partial charge in [-0.15, -0.1) is 0 Å². The van der Waals surface area contributed by atoms with Crippen molar-refractivity contribution in [3.8, 4) is 0 Å². The van der Waals surface area contributed by atoms with Gasteiger partial charge in [-0.3, -0.25) is 4.79 Å². The molecular weight excluding hydrogens is 383 g/mol. The van der Waals surface area contributed by atoms with Crippen molar-refractivity contribution >= 4 is 11.7 Å². The lowest BCUT2D eigenvalue weighted by atomic mass is 9.96. The molecule has 1 aromatic carbocycles. The van der Waals surface area contributed by atoms with Crippen LogP contribution in [-0.2, 0) is 0 Å². The quantitative estimate of drug-likeness (QED) is 0.831. The maximum atomic E-state index is 13.8. The van der Waals surface area contributed by atoms with Gasteiger partial charge < -0.3 is 15.1 Å². The van der Waals surface area contributed by atoms with Crippen LogP contribution < -0.4 is 5.32 Å². The number of hydrogen-bond acceptors (Lipinski definition) is 4. The van der Waals surface area contributed by atoms with Crippen LogP contribution in [0.2, 0.25) is 0 Å². The van der Waals surface area contributed by atoms with Gasteiger partial charge in [-0.25, -0.2) is 4.68 Å². The van der Waals surface area contributed by atoms with Crippen molar-refractivity contribution in [2.24, 2.45) is 0 Å². The number of carbonyl (C=O) groups excluding carboxylic acids is 1. The average molecular weight is 407 g/mol. The molecule has 4 rings (SSSR count). The lowest BCUT2D eigenvalue weighted by Crippen LogP contribution is -2.47. The summed E-state index contributed by atoms with van der Waals surface area (Å²) in [5.74, 6) is -0.101. The molecule has 0 unspecified atom stereocenters. The fraction of sp³-hybridized carbons (Fsp3) is 0.500. The lowest BCUT2D eigenvalue weighted by molar-refractivity contribution is -0.173. The molecule has 1 fully saturated rings. The maximum absolute atomic E-state index is 13.8. The minimum atomic E-state index is -4.46. The molecule has 2 aromatic rings. The van der Waals surface area contributed by atoms with E-state index in [0.717, 1.165) is 28.9 Å². The second-order valence-electron chi connectivity index (χ2n) is 7.86. The van der Waals surface area contributed by atoms with Crippen molar-refractivity contribution in [3.05, 3.63) is 47.2 Å². The second-order valence-corrected chi connectivity index (χ2v) is 7.86. The van der Waals surface area contributed by atoms with Crippen LogP contribution in [0.25, 0.3) is 0 Å². The molecule has 2 aliphatic heterocycles. The van der Waals surface area contributed by atoms with Gasteiger partial charge in [0.25, 0.3) is 5.91 Å². The molecular formula is C20H24F3N5O. The van der Waals surface area contributed by atoms with Gasteiger partial charge in [-0.1, -0.05) is 29.8 Å². The summed E-state index contributed by atoms with van der Waals surface area (Å²) in [6.07, 6.45) is -4.64. The summed E-state index contributed by atoms with van der Waals surface area (Å²) in [6, 6.07) is 6.60. The minimum absolute atomic E-state index is 0.0517. The molecule has 1 amide bonds. The zero-order valence-corrected chi connectivity index (χ0v) is 16.4. The van der Waals surface area contributed by atoms with Crippen molar-refractivity contribution in [1.82, 2.24) is 19.6 Å². The van der Waals surface area contributed by atoms with Crippen molar-refractivity contribution < 1.29 is 18.0 Å². The molecule has 2 aliphatic rings. The zero-order chi connectivity index (χ0) is 20.8. The monoisotopic (exact) mass is 407 g/mol. The van der Waals surface area contributed by atoms with Gasteiger partial charge in [0.2, 0.25) is 0 Å². The molecule has 156 valence electrons. The molecule has 1 saturated heterocycles. The number of nitrogens with one attached hydrogen (secondary N) is 1. The molecule has 6 nitrogen and oxygen atoms in total.